The Morgan fingerprint density at radius 1 is 0.489 bits per heavy atom. The molecule has 0 spiro atoms. The number of carboxylic acids is 2. The number of aliphatic carboxylic acids is 2. The second kappa shape index (κ2) is 53.5. The van der Waals surface area contributed by atoms with Crippen molar-refractivity contribution in [2.45, 2.75) is 235 Å². The van der Waals surface area contributed by atoms with Gasteiger partial charge in [0, 0.05) is 152 Å². The summed E-state index contributed by atoms with van der Waals surface area (Å²) in [5.41, 5.74) is 25.3. The van der Waals surface area contributed by atoms with Gasteiger partial charge in [-0.3, -0.25) is 96.2 Å². The number of unbranched alkanes of at least 4 members (excludes halogenated alkanes) is 3. The third-order valence-electron chi connectivity index (χ3n) is 23.4. The van der Waals surface area contributed by atoms with E-state index < -0.39 is 241 Å². The average Bonchev–Trinajstić information content (AvgIpc) is 1.65. The Bertz CT molecular complexity index is 5020. The zero-order chi connectivity index (χ0) is 99.4. The summed E-state index contributed by atoms with van der Waals surface area (Å²) >= 11 is 0.774. The summed E-state index contributed by atoms with van der Waals surface area (Å²) in [5, 5.41) is 61.4. The predicted octanol–water partition coefficient (Wildman–Crippen LogP) is -2.53. The molecule has 0 bridgehead atoms. The lowest BCUT2D eigenvalue weighted by atomic mass is 9.99. The number of carbonyl (C=O) groups excluding carboxylic acids is 17. The fourth-order valence-electron chi connectivity index (χ4n) is 16.1. The van der Waals surface area contributed by atoms with E-state index in [0.29, 0.717) is 57.8 Å². The van der Waals surface area contributed by atoms with Crippen LogP contribution in [-0.4, -0.2) is 305 Å². The number of primary amides is 4. The molecular formula is C90H130N22O22S. The number of nitrogens with two attached hydrogens (primary N) is 4. The first-order valence-electron chi connectivity index (χ1n) is 45.1. The quantitative estimate of drug-likeness (QED) is 0.0189. The largest absolute Gasteiger partial charge is 0.481 e. The van der Waals surface area contributed by atoms with Crippen LogP contribution in [0, 0.1) is 5.92 Å². The van der Waals surface area contributed by atoms with E-state index in [2.05, 4.69) is 63.5 Å². The Labute approximate surface area is 785 Å². The van der Waals surface area contributed by atoms with Crippen LogP contribution in [0.5, 0.6) is 0 Å². The lowest BCUT2D eigenvalue weighted by Crippen LogP contribution is -2.62. The number of nitrogens with one attached hydrogen (secondary N) is 11. The number of likely N-dealkylation sites (N-methyl/N-ethyl adjacent to an activating group) is 2. The number of fused-ring (bicyclic) bond motifs is 2. The summed E-state index contributed by atoms with van der Waals surface area (Å²) in [6, 6.07) is -4.09. The maximum Gasteiger partial charge on any atom is 0.317 e. The number of rotatable bonds is 34. The Morgan fingerprint density at radius 3 is 1.50 bits per heavy atom. The number of aromatic nitrogens is 3. The summed E-state index contributed by atoms with van der Waals surface area (Å²) in [6.45, 7) is 7.02. The average molecular weight is 1900 g/mol. The van der Waals surface area contributed by atoms with Crippen molar-refractivity contribution < 1.29 is 106 Å². The second-order valence-electron chi connectivity index (χ2n) is 34.6. The van der Waals surface area contributed by atoms with Crippen LogP contribution in [0.4, 0.5) is 4.79 Å². The van der Waals surface area contributed by atoms with Gasteiger partial charge in [0.1, 0.15) is 72.5 Å². The molecule has 44 nitrogen and oxygen atoms in total. The van der Waals surface area contributed by atoms with E-state index in [0.717, 1.165) is 35.5 Å². The molecule has 7 rings (SSSR count). The Hall–Kier alpha value is -13.3. The Kier molecular flexibility index (Phi) is 43.1. The van der Waals surface area contributed by atoms with Crippen molar-refractivity contribution in [2.24, 2.45) is 42.9 Å². The molecule has 738 valence electrons. The number of nitrogens with zero attached hydrogens (tertiary/aromatic N) is 7. The van der Waals surface area contributed by atoms with Crippen molar-refractivity contribution in [3.63, 3.8) is 0 Å². The van der Waals surface area contributed by atoms with Gasteiger partial charge in [0.05, 0.1) is 24.8 Å². The van der Waals surface area contributed by atoms with Crippen LogP contribution in [0.1, 0.15) is 154 Å². The van der Waals surface area contributed by atoms with Gasteiger partial charge < -0.3 is 121 Å². The number of aryl methyl sites for hydroxylation is 2. The van der Waals surface area contributed by atoms with Gasteiger partial charge in [-0.1, -0.05) is 82.5 Å². The highest BCUT2D eigenvalue weighted by atomic mass is 32.2. The Balaban J connectivity index is 1.38. The lowest BCUT2D eigenvalue weighted by Gasteiger charge is -2.33. The molecule has 0 saturated carbocycles. The molecule has 45 heteroatoms. The Morgan fingerprint density at radius 2 is 0.963 bits per heavy atom. The summed E-state index contributed by atoms with van der Waals surface area (Å²) in [4.78, 5) is 280. The predicted molar refractivity (Wildman–Crippen MR) is 495 cm³/mol. The summed E-state index contributed by atoms with van der Waals surface area (Å²) in [6.07, 6.45) is 0.180. The third-order valence-corrected chi connectivity index (χ3v) is 24.4. The van der Waals surface area contributed by atoms with E-state index in [1.807, 2.05) is 6.92 Å². The van der Waals surface area contributed by atoms with Gasteiger partial charge in [-0.25, -0.2) is 4.79 Å². The topological polar surface area (TPSA) is 657 Å². The number of carbonyl (C=O) groups is 19. The van der Waals surface area contributed by atoms with Crippen molar-refractivity contribution in [2.75, 3.05) is 64.9 Å². The minimum atomic E-state index is -2.00. The molecule has 5 aromatic rings. The molecule has 22 N–H and O–H groups in total. The molecule has 18 amide bonds. The van der Waals surface area contributed by atoms with Crippen LogP contribution in [0.25, 0.3) is 21.8 Å². The number of pyridine rings is 1. The number of para-hydroxylation sites is 2. The number of carboxylic acid groups (broad SMARTS) is 2. The molecular weight excluding hydrogens is 1770 g/mol. The van der Waals surface area contributed by atoms with E-state index in [-0.39, 0.29) is 116 Å². The molecule has 2 saturated heterocycles. The highest BCUT2D eigenvalue weighted by Gasteiger charge is 2.42. The second-order valence-corrected chi connectivity index (χ2v) is 35.6. The summed E-state index contributed by atoms with van der Waals surface area (Å²) in [5.74, 6) is -20.6. The molecule has 2 aliphatic heterocycles. The summed E-state index contributed by atoms with van der Waals surface area (Å²) < 4.78 is 3.47. The maximum absolute atomic E-state index is 15.9. The van der Waals surface area contributed by atoms with Crippen LogP contribution < -0.4 is 81.4 Å². The third kappa shape index (κ3) is 34.3. The number of hydrogen-bond acceptors (Lipinski definition) is 23. The minimum absolute atomic E-state index is 0.00161. The van der Waals surface area contributed by atoms with Crippen molar-refractivity contribution >= 4 is 146 Å². The molecule has 2 fully saturated rings. The monoisotopic (exact) mass is 1900 g/mol. The van der Waals surface area contributed by atoms with Crippen LogP contribution >= 0.6 is 11.8 Å². The number of amides is 18. The van der Waals surface area contributed by atoms with E-state index >= 15 is 38.4 Å². The molecule has 13 atom stereocenters. The van der Waals surface area contributed by atoms with Gasteiger partial charge >= 0.3 is 18.0 Å². The van der Waals surface area contributed by atoms with E-state index in [1.165, 1.54) is 24.3 Å². The first-order valence-corrected chi connectivity index (χ1v) is 46.3. The number of urea groups is 1. The van der Waals surface area contributed by atoms with Gasteiger partial charge in [-0.05, 0) is 112 Å². The van der Waals surface area contributed by atoms with E-state index in [1.54, 1.807) is 115 Å². The van der Waals surface area contributed by atoms with Crippen LogP contribution in [0.3, 0.4) is 0 Å². The van der Waals surface area contributed by atoms with Crippen molar-refractivity contribution in [3.05, 3.63) is 102 Å². The van der Waals surface area contributed by atoms with Crippen LogP contribution in [0.2, 0.25) is 0 Å². The first kappa shape index (κ1) is 109. The normalized spacial score (nSPS) is 22.6. The number of thioether (sulfide) groups is 1. The zero-order valence-electron chi connectivity index (χ0n) is 77.4. The van der Waals surface area contributed by atoms with Gasteiger partial charge in [-0.15, -0.1) is 11.8 Å². The fraction of sp³-hybridized carbons (Fsp3) is 0.556. The summed E-state index contributed by atoms with van der Waals surface area (Å²) in [7, 11) is 5.80. The molecule has 0 aliphatic carbocycles. The molecule has 0 radical (unpaired) electrons. The molecule has 2 aromatic carbocycles. The smallest absolute Gasteiger partial charge is 0.317 e. The van der Waals surface area contributed by atoms with E-state index in [9.17, 15) is 68.1 Å². The van der Waals surface area contributed by atoms with E-state index in [4.69, 9.17) is 22.9 Å². The maximum atomic E-state index is 15.9. The lowest BCUT2D eigenvalue weighted by molar-refractivity contribution is -0.145. The number of aliphatic hydroxyl groups is 1. The van der Waals surface area contributed by atoms with Crippen LogP contribution in [0.15, 0.2) is 85.5 Å². The minimum Gasteiger partial charge on any atom is -0.481 e. The van der Waals surface area contributed by atoms with Gasteiger partial charge in [-0.2, -0.15) is 0 Å². The molecule has 2 aliphatic rings. The van der Waals surface area contributed by atoms with Crippen LogP contribution in [-0.2, 0) is 120 Å². The molecule has 135 heavy (non-hydrogen) atoms. The highest BCUT2D eigenvalue weighted by molar-refractivity contribution is 8.00. The van der Waals surface area contributed by atoms with Gasteiger partial charge in [0.15, 0.2) is 0 Å². The van der Waals surface area contributed by atoms with Crippen molar-refractivity contribution in [1.82, 2.24) is 92.2 Å². The van der Waals surface area contributed by atoms with Gasteiger partial charge in [0.25, 0.3) is 0 Å². The number of hydrogen-bond donors (Lipinski definition) is 18. The first-order chi connectivity index (χ1) is 64.0. The number of benzene rings is 2. The SMILES string of the molecule is CCCCC[C@H]1NC(=O)CSC[C@@H](C(N)=O)NC(=O)[C@H](CCCC(N)=O)NC(=O)[C@H]([C@@H](C)O)NC(=O)[C@H](Cc2cn(C)c3ccccc23)NC(=O)[C@H](CCCCNC(=O)N2CCN(CC(=O)O)CC2)NC(=O)[C@H](Cc2cn(C)c3ccccc23)NC(=O)[C@H](CCC(=O)O)N(C)C(=O)[C@H](CCCC(N)=O)NC(=O)[C@H](CC(C)C)NC(=O)[C@H](CC(N)=O)NC(=O)[C@H](Cc2cccnc2)N(C)C1=O. The fourth-order valence-corrected chi connectivity index (χ4v) is 16.9. The zero-order valence-corrected chi connectivity index (χ0v) is 78.2. The van der Waals surface area contributed by atoms with Crippen molar-refractivity contribution in [1.29, 1.82) is 0 Å². The van der Waals surface area contributed by atoms with Gasteiger partial charge in [0.2, 0.25) is 94.5 Å². The molecule has 5 heterocycles. The molecule has 3 aromatic heterocycles. The number of piperazine rings is 1. The molecule has 0 unspecified atom stereocenters. The van der Waals surface area contributed by atoms with Crippen molar-refractivity contribution in [3.8, 4) is 0 Å². The standard InChI is InChI=1S/C90H130N22O22S/c1-9-10-11-25-60-88(132)110(8)70(41-53-21-20-34-95-45-53)86(130)104-65(44-73(93)116)83(127)101-62(40-51(2)3)81(125)100-61(27-19-31-72(92)115)89(133)109(7)69(32-33-75(118)119)85(129)103-63(42-54-46-107(5)67-28-14-12-22-56(54)67)82(126)98-58(24-16-17-35-96-90(134)112-38-36-111(37-39-112)48-76(120)121)79(123)102-64(43-55-47-108(6)68-29-15-13-23-57(55)68)84(128)106-77(52(4)113)87(131)99-59(26-18-30-71(91)114)80(124)105-66(78(94)122)49-135-50-74(117)97-60/h12-15,20-23,28-29,34,45-47,51-52,58-66,69-70,77,113H,9-11,16-19,24-27,30-33,35-44,48-50H2,1-8H3,(H2,91,114)(H2,92,115)(H2,93,116)(H2,94,122)(H,96,134)(H,97,117)(H,98,126)(H,99,131)(H,100,125)(H,101,127)(H,102,123)(H,103,129)(H,104,130)(H,105,124)(H,106,128)(H,118,119)(H,120,121)/t52-,58+,59+,60-,61+,62+,63+,64+,65+,66+,69+,70+,77+/m1/s1. The number of aliphatic hydroxyl groups excluding tert-OH is 1. The highest BCUT2D eigenvalue weighted by Crippen LogP contribution is 2.26.